The predicted octanol–water partition coefficient (Wildman–Crippen LogP) is 5.26. The molecule has 0 saturated heterocycles. The van der Waals surface area contributed by atoms with Gasteiger partial charge in [-0.05, 0) is 25.0 Å². The maximum atomic E-state index is 12.8. The van der Waals surface area contributed by atoms with Crippen molar-refractivity contribution >= 4 is 30.9 Å². The first-order chi connectivity index (χ1) is 10.0. The predicted molar refractivity (Wildman–Crippen MR) is 90.5 cm³/mol. The smallest absolute Gasteiger partial charge is 0.390 e. The molecule has 0 atom stereocenters. The van der Waals surface area contributed by atoms with Crippen LogP contribution < -0.4 is 14.7 Å². The van der Waals surface area contributed by atoms with Crippen molar-refractivity contribution in [2.45, 2.75) is 39.5 Å². The van der Waals surface area contributed by atoms with Crippen LogP contribution in [0.5, 0.6) is 5.75 Å². The fourth-order valence-corrected chi connectivity index (χ4v) is 3.56. The number of benzene rings is 1. The average molecular weight is 353 g/mol. The zero-order valence-electron chi connectivity index (χ0n) is 12.5. The fraction of sp³-hybridized carbons (Fsp3) is 0.571. The first-order valence-corrected chi connectivity index (χ1v) is 9.63. The summed E-state index contributed by atoms with van der Waals surface area (Å²) in [5.74, 6) is 0.320. The van der Waals surface area contributed by atoms with Gasteiger partial charge in [0.25, 0.3) is 0 Å². The molecule has 0 aliphatic heterocycles. The van der Waals surface area contributed by atoms with E-state index >= 15 is 0 Å². The molecule has 120 valence electrons. The van der Waals surface area contributed by atoms with Crippen LogP contribution in [-0.4, -0.2) is 13.1 Å². The lowest BCUT2D eigenvalue weighted by molar-refractivity contribution is 0.449. The van der Waals surface area contributed by atoms with Crippen LogP contribution in [-0.2, 0) is 4.57 Å². The minimum atomic E-state index is -3.19. The van der Waals surface area contributed by atoms with Gasteiger partial charge in [0, 0.05) is 24.2 Å². The monoisotopic (exact) mass is 352 g/mol. The number of rotatable bonds is 10. The second kappa shape index (κ2) is 9.70. The Balaban J connectivity index is 2.79. The lowest BCUT2D eigenvalue weighted by atomic mass is 10.3. The van der Waals surface area contributed by atoms with Crippen LogP contribution in [0.15, 0.2) is 18.2 Å². The molecule has 1 aromatic carbocycles. The molecule has 1 aromatic rings. The van der Waals surface area contributed by atoms with Crippen LogP contribution in [0.25, 0.3) is 0 Å². The Bertz CT molecular complexity index is 472. The molecule has 0 saturated carbocycles. The molecule has 0 amide bonds. The van der Waals surface area contributed by atoms with Crippen LogP contribution in [0.2, 0.25) is 10.0 Å². The van der Waals surface area contributed by atoms with Crippen LogP contribution in [0.3, 0.4) is 0 Å². The average Bonchev–Trinajstić information content (AvgIpc) is 2.43. The van der Waals surface area contributed by atoms with Gasteiger partial charge in [0.05, 0.1) is 5.02 Å². The first kappa shape index (κ1) is 18.8. The second-order valence-electron chi connectivity index (χ2n) is 4.74. The standard InChI is InChI=1S/C14H23Cl2N2O2P/c1-3-5-9-17-21(19,18-10-6-4-2)20-14-11-12(15)7-8-13(14)16/h7-8,11H,3-6,9-10H2,1-2H3,(H2,17,18,19). The number of hydrogen-bond donors (Lipinski definition) is 2. The van der Waals surface area contributed by atoms with Crippen molar-refractivity contribution in [1.29, 1.82) is 0 Å². The minimum Gasteiger partial charge on any atom is -0.420 e. The van der Waals surface area contributed by atoms with E-state index in [1.54, 1.807) is 18.2 Å². The van der Waals surface area contributed by atoms with Gasteiger partial charge < -0.3 is 4.52 Å². The fourth-order valence-electron chi connectivity index (χ4n) is 1.61. The molecule has 0 bridgehead atoms. The molecule has 1 rings (SSSR count). The van der Waals surface area contributed by atoms with E-state index in [0.29, 0.717) is 28.9 Å². The SMILES string of the molecule is CCCCNP(=O)(NCCCC)Oc1cc(Cl)ccc1Cl. The number of nitrogens with one attached hydrogen (secondary N) is 2. The third kappa shape index (κ3) is 7.03. The molecule has 7 heteroatoms. The van der Waals surface area contributed by atoms with Gasteiger partial charge in [-0.2, -0.15) is 0 Å². The van der Waals surface area contributed by atoms with E-state index in [4.69, 9.17) is 27.7 Å². The maximum absolute atomic E-state index is 12.8. The zero-order valence-corrected chi connectivity index (χ0v) is 14.9. The van der Waals surface area contributed by atoms with Crippen molar-refractivity contribution in [3.05, 3.63) is 28.2 Å². The largest absolute Gasteiger partial charge is 0.420 e. The normalized spacial score (nSPS) is 11.6. The summed E-state index contributed by atoms with van der Waals surface area (Å²) in [5, 5.41) is 6.82. The zero-order chi connectivity index (χ0) is 15.7. The summed E-state index contributed by atoms with van der Waals surface area (Å²) < 4.78 is 18.5. The molecule has 0 aliphatic rings. The molecule has 0 fully saturated rings. The highest BCUT2D eigenvalue weighted by Gasteiger charge is 2.24. The molecule has 2 N–H and O–H groups in total. The third-order valence-electron chi connectivity index (χ3n) is 2.82. The van der Waals surface area contributed by atoms with E-state index in [-0.39, 0.29) is 0 Å². The Hall–Kier alpha value is -0.250. The van der Waals surface area contributed by atoms with Crippen molar-refractivity contribution in [1.82, 2.24) is 10.2 Å². The Morgan fingerprint density at radius 1 is 1.10 bits per heavy atom. The van der Waals surface area contributed by atoms with E-state index < -0.39 is 7.67 Å². The quantitative estimate of drug-likeness (QED) is 0.445. The molecule has 0 unspecified atom stereocenters. The summed E-state index contributed by atoms with van der Waals surface area (Å²) in [6.45, 7) is 5.38. The summed E-state index contributed by atoms with van der Waals surface area (Å²) in [7, 11) is -3.19. The van der Waals surface area contributed by atoms with Crippen molar-refractivity contribution in [3.63, 3.8) is 0 Å². The van der Waals surface area contributed by atoms with Crippen LogP contribution >= 0.6 is 30.9 Å². The van der Waals surface area contributed by atoms with Gasteiger partial charge in [0.15, 0.2) is 0 Å². The van der Waals surface area contributed by atoms with E-state index in [0.717, 1.165) is 25.7 Å². The van der Waals surface area contributed by atoms with Gasteiger partial charge in [-0.15, -0.1) is 0 Å². The number of halogens is 2. The number of unbranched alkanes of at least 4 members (excludes halogenated alkanes) is 2. The summed E-state index contributed by atoms with van der Waals surface area (Å²) in [5.41, 5.74) is 0. The van der Waals surface area contributed by atoms with Crippen LogP contribution in [0.1, 0.15) is 39.5 Å². The summed E-state index contributed by atoms with van der Waals surface area (Å²) in [6, 6.07) is 4.86. The Morgan fingerprint density at radius 3 is 2.19 bits per heavy atom. The van der Waals surface area contributed by atoms with Crippen molar-refractivity contribution in [3.8, 4) is 5.75 Å². The Labute approximate surface area is 137 Å². The van der Waals surface area contributed by atoms with Crippen LogP contribution in [0, 0.1) is 0 Å². The topological polar surface area (TPSA) is 50.4 Å². The van der Waals surface area contributed by atoms with Crippen molar-refractivity contribution in [2.24, 2.45) is 0 Å². The van der Waals surface area contributed by atoms with E-state index in [9.17, 15) is 4.57 Å². The van der Waals surface area contributed by atoms with Gasteiger partial charge >= 0.3 is 7.67 Å². The molecule has 0 spiro atoms. The van der Waals surface area contributed by atoms with E-state index in [2.05, 4.69) is 24.0 Å². The second-order valence-corrected chi connectivity index (χ2v) is 7.50. The summed E-state index contributed by atoms with van der Waals surface area (Å²) >= 11 is 12.0. The Kier molecular flexibility index (Phi) is 8.69. The molecule has 21 heavy (non-hydrogen) atoms. The van der Waals surface area contributed by atoms with Gasteiger partial charge in [0.2, 0.25) is 0 Å². The van der Waals surface area contributed by atoms with Crippen LogP contribution in [0.4, 0.5) is 0 Å². The molecule has 0 heterocycles. The maximum Gasteiger partial charge on any atom is 0.390 e. The molecule has 0 aromatic heterocycles. The van der Waals surface area contributed by atoms with Gasteiger partial charge in [0.1, 0.15) is 5.75 Å². The molecule has 0 aliphatic carbocycles. The van der Waals surface area contributed by atoms with E-state index in [1.807, 2.05) is 0 Å². The highest BCUT2D eigenvalue weighted by atomic mass is 35.5. The minimum absolute atomic E-state index is 0.320. The highest BCUT2D eigenvalue weighted by Crippen LogP contribution is 2.42. The summed E-state index contributed by atoms with van der Waals surface area (Å²) in [4.78, 5) is 0. The number of hydrogen-bond acceptors (Lipinski definition) is 2. The highest BCUT2D eigenvalue weighted by molar-refractivity contribution is 7.55. The lowest BCUT2D eigenvalue weighted by Crippen LogP contribution is -2.27. The molecular weight excluding hydrogens is 330 g/mol. The summed E-state index contributed by atoms with van der Waals surface area (Å²) in [6.07, 6.45) is 3.87. The first-order valence-electron chi connectivity index (χ1n) is 7.25. The molecular formula is C14H23Cl2N2O2P. The lowest BCUT2D eigenvalue weighted by Gasteiger charge is -2.22. The Morgan fingerprint density at radius 2 is 1.67 bits per heavy atom. The van der Waals surface area contributed by atoms with Gasteiger partial charge in [-0.1, -0.05) is 49.9 Å². The molecule has 4 nitrogen and oxygen atoms in total. The molecule has 0 radical (unpaired) electrons. The van der Waals surface area contributed by atoms with E-state index in [1.165, 1.54) is 0 Å². The van der Waals surface area contributed by atoms with Gasteiger partial charge in [-0.25, -0.2) is 14.7 Å². The van der Waals surface area contributed by atoms with Crippen molar-refractivity contribution < 1.29 is 9.09 Å². The van der Waals surface area contributed by atoms with Crippen molar-refractivity contribution in [2.75, 3.05) is 13.1 Å². The third-order valence-corrected chi connectivity index (χ3v) is 5.10. The van der Waals surface area contributed by atoms with Gasteiger partial charge in [-0.3, -0.25) is 0 Å².